The van der Waals surface area contributed by atoms with Crippen molar-refractivity contribution in [1.82, 2.24) is 4.90 Å². The second kappa shape index (κ2) is 5.81. The zero-order valence-electron chi connectivity index (χ0n) is 9.92. The Morgan fingerprint density at radius 1 is 1.35 bits per heavy atom. The van der Waals surface area contributed by atoms with E-state index in [2.05, 4.69) is 23.1 Å². The summed E-state index contributed by atoms with van der Waals surface area (Å²) >= 11 is 0. The molecule has 2 rings (SSSR count). The van der Waals surface area contributed by atoms with Crippen molar-refractivity contribution in [3.05, 3.63) is 35.9 Å². The van der Waals surface area contributed by atoms with Gasteiger partial charge in [0.25, 0.3) is 0 Å². The fourth-order valence-electron chi connectivity index (χ4n) is 2.30. The Morgan fingerprint density at radius 2 is 2.06 bits per heavy atom. The van der Waals surface area contributed by atoms with Gasteiger partial charge in [-0.3, -0.25) is 4.90 Å². The van der Waals surface area contributed by atoms with E-state index in [1.54, 1.807) is 0 Å². The van der Waals surface area contributed by atoms with Crippen molar-refractivity contribution < 1.29 is 5.11 Å². The predicted octanol–water partition coefficient (Wildman–Crippen LogP) is 2.10. The summed E-state index contributed by atoms with van der Waals surface area (Å²) in [5.41, 5.74) is 1.18. The number of aliphatic hydroxyl groups excluding tert-OH is 1. The van der Waals surface area contributed by atoms with Crippen LogP contribution < -0.4 is 0 Å². The predicted molar refractivity (Wildman–Crippen MR) is 66.2 cm³/mol. The first-order chi connectivity index (χ1) is 8.36. The molecule has 0 aromatic heterocycles. The molecule has 0 saturated heterocycles. The van der Waals surface area contributed by atoms with Crippen LogP contribution in [0.2, 0.25) is 0 Å². The summed E-state index contributed by atoms with van der Waals surface area (Å²) in [5.74, 6) is 0. The van der Waals surface area contributed by atoms with Gasteiger partial charge in [-0.1, -0.05) is 30.3 Å². The van der Waals surface area contributed by atoms with Crippen LogP contribution in [0.25, 0.3) is 0 Å². The van der Waals surface area contributed by atoms with Gasteiger partial charge in [-0.15, -0.1) is 0 Å². The Hall–Kier alpha value is -1.37. The molecule has 1 unspecified atom stereocenters. The monoisotopic (exact) mass is 230 g/mol. The van der Waals surface area contributed by atoms with Gasteiger partial charge in [0.15, 0.2) is 0 Å². The molecule has 0 heterocycles. The van der Waals surface area contributed by atoms with Gasteiger partial charge in [0.05, 0.1) is 19.1 Å². The fourth-order valence-corrected chi connectivity index (χ4v) is 2.30. The average molecular weight is 230 g/mol. The lowest BCUT2D eigenvalue weighted by Crippen LogP contribution is -2.33. The molecule has 1 saturated carbocycles. The van der Waals surface area contributed by atoms with Crippen LogP contribution in [0.4, 0.5) is 0 Å². The third-order valence-electron chi connectivity index (χ3n) is 3.24. The molecular formula is C14H18N2O. The summed E-state index contributed by atoms with van der Waals surface area (Å²) in [5, 5.41) is 18.1. The highest BCUT2D eigenvalue weighted by atomic mass is 16.3. The summed E-state index contributed by atoms with van der Waals surface area (Å²) in [6.07, 6.45) is 2.87. The van der Waals surface area contributed by atoms with Crippen molar-refractivity contribution in [2.45, 2.75) is 31.3 Å². The molecule has 0 bridgehead atoms. The molecule has 3 nitrogen and oxygen atoms in total. The lowest BCUT2D eigenvalue weighted by Gasteiger charge is -2.30. The van der Waals surface area contributed by atoms with Crippen LogP contribution in [0, 0.1) is 11.3 Å². The van der Waals surface area contributed by atoms with E-state index >= 15 is 0 Å². The van der Waals surface area contributed by atoms with E-state index in [9.17, 15) is 0 Å². The number of nitrogens with zero attached hydrogens (tertiary/aromatic N) is 2. The number of aliphatic hydroxyl groups is 1. The first-order valence-electron chi connectivity index (χ1n) is 6.15. The minimum atomic E-state index is 0.126. The first kappa shape index (κ1) is 12.1. The molecule has 17 heavy (non-hydrogen) atoms. The fraction of sp³-hybridized carbons (Fsp3) is 0.500. The maximum Gasteiger partial charge on any atom is 0.0641 e. The normalized spacial score (nSPS) is 16.8. The van der Waals surface area contributed by atoms with Crippen LogP contribution in [0.15, 0.2) is 30.3 Å². The zero-order valence-corrected chi connectivity index (χ0v) is 9.92. The van der Waals surface area contributed by atoms with Crippen LogP contribution in [0.3, 0.4) is 0 Å². The van der Waals surface area contributed by atoms with Crippen molar-refractivity contribution in [1.29, 1.82) is 5.26 Å². The third kappa shape index (κ3) is 3.06. The van der Waals surface area contributed by atoms with Crippen LogP contribution in [-0.2, 0) is 0 Å². The van der Waals surface area contributed by atoms with E-state index in [1.165, 1.54) is 18.4 Å². The molecule has 1 aromatic carbocycles. The lowest BCUT2D eigenvalue weighted by atomic mass is 10.0. The summed E-state index contributed by atoms with van der Waals surface area (Å²) in [7, 11) is 0. The molecule has 0 aliphatic heterocycles. The van der Waals surface area contributed by atoms with Gasteiger partial charge in [-0.25, -0.2) is 0 Å². The van der Waals surface area contributed by atoms with E-state index in [-0.39, 0.29) is 12.6 Å². The SMILES string of the molecule is N#CCC(c1ccccc1)N(CCO)C1CC1. The number of hydrogen-bond acceptors (Lipinski definition) is 3. The molecule has 1 aliphatic rings. The molecular weight excluding hydrogens is 212 g/mol. The van der Waals surface area contributed by atoms with Crippen LogP contribution in [0.5, 0.6) is 0 Å². The molecule has 90 valence electrons. The van der Waals surface area contributed by atoms with E-state index in [0.717, 1.165) is 0 Å². The molecule has 1 atom stereocenters. The number of rotatable bonds is 6. The Balaban J connectivity index is 2.17. The summed E-state index contributed by atoms with van der Waals surface area (Å²) in [6, 6.07) is 13.1. The summed E-state index contributed by atoms with van der Waals surface area (Å²) in [6.45, 7) is 0.817. The number of hydrogen-bond donors (Lipinski definition) is 1. The minimum Gasteiger partial charge on any atom is -0.395 e. The second-order valence-corrected chi connectivity index (χ2v) is 4.48. The molecule has 0 spiro atoms. The third-order valence-corrected chi connectivity index (χ3v) is 3.24. The number of nitriles is 1. The molecule has 1 aromatic rings. The van der Waals surface area contributed by atoms with Crippen LogP contribution >= 0.6 is 0 Å². The standard InChI is InChI=1S/C14H18N2O/c15-9-8-14(12-4-2-1-3-5-12)16(10-11-17)13-6-7-13/h1-5,13-14,17H,6-8,10-11H2. The molecule has 1 N–H and O–H groups in total. The lowest BCUT2D eigenvalue weighted by molar-refractivity contribution is 0.143. The second-order valence-electron chi connectivity index (χ2n) is 4.48. The first-order valence-corrected chi connectivity index (χ1v) is 6.15. The molecule has 3 heteroatoms. The van der Waals surface area contributed by atoms with Gasteiger partial charge in [0.2, 0.25) is 0 Å². The summed E-state index contributed by atoms with van der Waals surface area (Å²) in [4.78, 5) is 2.28. The van der Waals surface area contributed by atoms with Gasteiger partial charge in [0, 0.05) is 18.6 Å². The van der Waals surface area contributed by atoms with E-state index in [0.29, 0.717) is 19.0 Å². The quantitative estimate of drug-likeness (QED) is 0.814. The van der Waals surface area contributed by atoms with E-state index in [1.807, 2.05) is 18.2 Å². The van der Waals surface area contributed by atoms with Crippen molar-refractivity contribution in [2.24, 2.45) is 0 Å². The van der Waals surface area contributed by atoms with Crippen LogP contribution in [0.1, 0.15) is 30.9 Å². The topological polar surface area (TPSA) is 47.3 Å². The Bertz CT molecular complexity index is 381. The van der Waals surface area contributed by atoms with Crippen LogP contribution in [-0.4, -0.2) is 29.2 Å². The Morgan fingerprint density at radius 3 is 2.59 bits per heavy atom. The van der Waals surface area contributed by atoms with Crippen molar-refractivity contribution in [2.75, 3.05) is 13.2 Å². The van der Waals surface area contributed by atoms with Crippen molar-refractivity contribution in [3.63, 3.8) is 0 Å². The highest BCUT2D eigenvalue weighted by molar-refractivity contribution is 5.20. The largest absolute Gasteiger partial charge is 0.395 e. The number of benzene rings is 1. The Labute approximate surface area is 102 Å². The van der Waals surface area contributed by atoms with Gasteiger partial charge >= 0.3 is 0 Å². The zero-order chi connectivity index (χ0) is 12.1. The van der Waals surface area contributed by atoms with Gasteiger partial charge in [0.1, 0.15) is 0 Å². The minimum absolute atomic E-state index is 0.126. The van der Waals surface area contributed by atoms with Crippen molar-refractivity contribution in [3.8, 4) is 6.07 Å². The molecule has 1 aliphatic carbocycles. The maximum absolute atomic E-state index is 9.15. The van der Waals surface area contributed by atoms with E-state index < -0.39 is 0 Å². The highest BCUT2D eigenvalue weighted by Crippen LogP contribution is 2.35. The smallest absolute Gasteiger partial charge is 0.0641 e. The summed E-state index contributed by atoms with van der Waals surface area (Å²) < 4.78 is 0. The maximum atomic E-state index is 9.15. The van der Waals surface area contributed by atoms with Gasteiger partial charge in [-0.2, -0.15) is 5.26 Å². The van der Waals surface area contributed by atoms with Gasteiger partial charge < -0.3 is 5.11 Å². The Kier molecular flexibility index (Phi) is 4.13. The average Bonchev–Trinajstić information content (AvgIpc) is 3.19. The molecule has 1 fully saturated rings. The van der Waals surface area contributed by atoms with Gasteiger partial charge in [-0.05, 0) is 18.4 Å². The van der Waals surface area contributed by atoms with Crippen molar-refractivity contribution >= 4 is 0 Å². The molecule has 0 amide bonds. The molecule has 0 radical (unpaired) electrons. The highest BCUT2D eigenvalue weighted by Gasteiger charge is 2.33. The van der Waals surface area contributed by atoms with E-state index in [4.69, 9.17) is 10.4 Å².